The molecule has 0 aliphatic carbocycles. The van der Waals surface area contributed by atoms with E-state index >= 15 is 0 Å². The summed E-state index contributed by atoms with van der Waals surface area (Å²) in [4.78, 5) is 7.59. The summed E-state index contributed by atoms with van der Waals surface area (Å²) in [6, 6.07) is 0.673. The van der Waals surface area contributed by atoms with Gasteiger partial charge in [-0.1, -0.05) is 6.92 Å². The van der Waals surface area contributed by atoms with E-state index in [1.807, 2.05) is 0 Å². The molecule has 1 N–H and O–H groups in total. The molecule has 4 nitrogen and oxygen atoms in total. The number of hydrogen-bond acceptors (Lipinski definition) is 4. The Labute approximate surface area is 99.6 Å². The van der Waals surface area contributed by atoms with Gasteiger partial charge in [0.15, 0.2) is 0 Å². The van der Waals surface area contributed by atoms with Gasteiger partial charge < -0.3 is 15.1 Å². The molecule has 2 aliphatic rings. The van der Waals surface area contributed by atoms with Gasteiger partial charge in [0.2, 0.25) is 0 Å². The maximum Gasteiger partial charge on any atom is 0.0323 e. The first-order valence-corrected chi connectivity index (χ1v) is 6.64. The van der Waals surface area contributed by atoms with Crippen molar-refractivity contribution in [2.75, 3.05) is 66.0 Å². The normalized spacial score (nSPS) is 30.8. The fourth-order valence-corrected chi connectivity index (χ4v) is 2.71. The molecule has 2 heterocycles. The van der Waals surface area contributed by atoms with Crippen LogP contribution in [0.15, 0.2) is 0 Å². The van der Waals surface area contributed by atoms with E-state index in [-0.39, 0.29) is 0 Å². The first-order chi connectivity index (χ1) is 7.78. The average Bonchev–Trinajstić information content (AvgIpc) is 2.30. The third-order valence-corrected chi connectivity index (χ3v) is 3.85. The van der Waals surface area contributed by atoms with Crippen LogP contribution in [0.2, 0.25) is 0 Å². The van der Waals surface area contributed by atoms with Gasteiger partial charge in [0.1, 0.15) is 0 Å². The van der Waals surface area contributed by atoms with Crippen molar-refractivity contribution < 1.29 is 0 Å². The molecule has 0 amide bonds. The quantitative estimate of drug-likeness (QED) is 0.702. The summed E-state index contributed by atoms with van der Waals surface area (Å²) >= 11 is 0. The monoisotopic (exact) mass is 226 g/mol. The lowest BCUT2D eigenvalue weighted by Crippen LogP contribution is -2.56. The summed E-state index contributed by atoms with van der Waals surface area (Å²) in [7, 11) is 2.23. The van der Waals surface area contributed by atoms with Crippen molar-refractivity contribution in [3.8, 4) is 0 Å². The maximum absolute atomic E-state index is 3.63. The van der Waals surface area contributed by atoms with E-state index in [4.69, 9.17) is 0 Å². The van der Waals surface area contributed by atoms with E-state index in [1.54, 1.807) is 0 Å². The van der Waals surface area contributed by atoms with Crippen molar-refractivity contribution in [1.82, 2.24) is 20.0 Å². The Morgan fingerprint density at radius 3 is 2.38 bits per heavy atom. The topological polar surface area (TPSA) is 21.8 Å². The Morgan fingerprint density at radius 2 is 1.75 bits per heavy atom. The molecule has 2 rings (SSSR count). The van der Waals surface area contributed by atoms with Crippen LogP contribution in [0, 0.1) is 0 Å². The molecule has 1 unspecified atom stereocenters. The number of likely N-dealkylation sites (N-methyl/N-ethyl adjacent to an activating group) is 2. The molecule has 16 heavy (non-hydrogen) atoms. The van der Waals surface area contributed by atoms with Gasteiger partial charge in [0.05, 0.1) is 0 Å². The lowest BCUT2D eigenvalue weighted by Gasteiger charge is -2.38. The summed E-state index contributed by atoms with van der Waals surface area (Å²) in [6.07, 6.45) is 0. The van der Waals surface area contributed by atoms with E-state index in [0.717, 1.165) is 6.54 Å². The molecule has 2 saturated heterocycles. The van der Waals surface area contributed by atoms with Crippen LogP contribution in [0.5, 0.6) is 0 Å². The molecule has 94 valence electrons. The standard InChI is InChI=1S/C12H26N4/c1-3-15-6-8-16(9-7-15)11-12-10-14(2)5-4-13-12/h12-13H,3-11H2,1-2H3. The Kier molecular flexibility index (Phi) is 4.58. The Balaban J connectivity index is 1.69. The van der Waals surface area contributed by atoms with E-state index in [0.29, 0.717) is 6.04 Å². The van der Waals surface area contributed by atoms with E-state index in [2.05, 4.69) is 34.0 Å². The van der Waals surface area contributed by atoms with Crippen molar-refractivity contribution in [3.63, 3.8) is 0 Å². The Bertz CT molecular complexity index is 201. The van der Waals surface area contributed by atoms with Crippen molar-refractivity contribution in [2.45, 2.75) is 13.0 Å². The maximum atomic E-state index is 3.63. The fourth-order valence-electron chi connectivity index (χ4n) is 2.71. The summed E-state index contributed by atoms with van der Waals surface area (Å²) in [5.41, 5.74) is 0. The highest BCUT2D eigenvalue weighted by atomic mass is 15.3. The zero-order chi connectivity index (χ0) is 11.4. The second-order valence-electron chi connectivity index (χ2n) is 5.15. The summed E-state index contributed by atoms with van der Waals surface area (Å²) in [6.45, 7) is 13.2. The molecule has 2 fully saturated rings. The van der Waals surface area contributed by atoms with Gasteiger partial charge in [-0.2, -0.15) is 0 Å². The summed E-state index contributed by atoms with van der Waals surface area (Å²) in [5, 5.41) is 3.63. The molecular weight excluding hydrogens is 200 g/mol. The van der Waals surface area contributed by atoms with Gasteiger partial charge >= 0.3 is 0 Å². The molecule has 2 aliphatic heterocycles. The zero-order valence-electron chi connectivity index (χ0n) is 10.8. The van der Waals surface area contributed by atoms with Crippen molar-refractivity contribution in [1.29, 1.82) is 0 Å². The molecule has 0 spiro atoms. The molecule has 0 aromatic carbocycles. The van der Waals surface area contributed by atoms with Gasteiger partial charge in [0, 0.05) is 58.4 Å². The van der Waals surface area contributed by atoms with Crippen LogP contribution in [0.25, 0.3) is 0 Å². The van der Waals surface area contributed by atoms with E-state index < -0.39 is 0 Å². The van der Waals surface area contributed by atoms with Gasteiger partial charge in [-0.25, -0.2) is 0 Å². The van der Waals surface area contributed by atoms with Gasteiger partial charge in [-0.3, -0.25) is 4.90 Å². The summed E-state index contributed by atoms with van der Waals surface area (Å²) < 4.78 is 0. The SMILES string of the molecule is CCN1CCN(CC2CN(C)CCN2)CC1. The van der Waals surface area contributed by atoms with Gasteiger partial charge in [-0.05, 0) is 13.6 Å². The number of hydrogen-bond donors (Lipinski definition) is 1. The van der Waals surface area contributed by atoms with E-state index in [9.17, 15) is 0 Å². The fraction of sp³-hybridized carbons (Fsp3) is 1.00. The molecule has 0 radical (unpaired) electrons. The predicted molar refractivity (Wildman–Crippen MR) is 67.8 cm³/mol. The van der Waals surface area contributed by atoms with Gasteiger partial charge in [0.25, 0.3) is 0 Å². The predicted octanol–water partition coefficient (Wildman–Crippen LogP) is -0.472. The smallest absolute Gasteiger partial charge is 0.0323 e. The molecule has 1 atom stereocenters. The summed E-state index contributed by atoms with van der Waals surface area (Å²) in [5.74, 6) is 0. The zero-order valence-corrected chi connectivity index (χ0v) is 10.8. The molecule has 0 bridgehead atoms. The van der Waals surface area contributed by atoms with Crippen LogP contribution in [-0.4, -0.2) is 86.7 Å². The number of rotatable bonds is 3. The van der Waals surface area contributed by atoms with Crippen molar-refractivity contribution >= 4 is 0 Å². The third kappa shape index (κ3) is 3.42. The molecule has 4 heteroatoms. The molecule has 0 aromatic rings. The lowest BCUT2D eigenvalue weighted by molar-refractivity contribution is 0.113. The van der Waals surface area contributed by atoms with Crippen LogP contribution in [0.4, 0.5) is 0 Å². The Morgan fingerprint density at radius 1 is 1.06 bits per heavy atom. The minimum absolute atomic E-state index is 0.673. The second kappa shape index (κ2) is 5.96. The highest BCUT2D eigenvalue weighted by Gasteiger charge is 2.21. The van der Waals surface area contributed by atoms with E-state index in [1.165, 1.54) is 52.4 Å². The van der Waals surface area contributed by atoms with Crippen LogP contribution in [0.1, 0.15) is 6.92 Å². The van der Waals surface area contributed by atoms with Crippen molar-refractivity contribution in [2.24, 2.45) is 0 Å². The number of nitrogens with zero attached hydrogens (tertiary/aromatic N) is 3. The second-order valence-corrected chi connectivity index (χ2v) is 5.15. The molecule has 0 saturated carbocycles. The van der Waals surface area contributed by atoms with Crippen LogP contribution in [0.3, 0.4) is 0 Å². The van der Waals surface area contributed by atoms with Crippen LogP contribution < -0.4 is 5.32 Å². The minimum Gasteiger partial charge on any atom is -0.310 e. The van der Waals surface area contributed by atoms with Crippen LogP contribution in [-0.2, 0) is 0 Å². The number of nitrogens with one attached hydrogen (secondary N) is 1. The first kappa shape index (κ1) is 12.3. The first-order valence-electron chi connectivity index (χ1n) is 6.64. The van der Waals surface area contributed by atoms with Crippen LogP contribution >= 0.6 is 0 Å². The number of piperazine rings is 2. The molecular formula is C12H26N4. The lowest BCUT2D eigenvalue weighted by atomic mass is 10.2. The highest BCUT2D eigenvalue weighted by molar-refractivity contribution is 4.82. The molecule has 0 aromatic heterocycles. The third-order valence-electron chi connectivity index (χ3n) is 3.85. The van der Waals surface area contributed by atoms with Crippen molar-refractivity contribution in [3.05, 3.63) is 0 Å². The minimum atomic E-state index is 0.673. The Hall–Kier alpha value is -0.160. The van der Waals surface area contributed by atoms with Gasteiger partial charge in [-0.15, -0.1) is 0 Å². The highest BCUT2D eigenvalue weighted by Crippen LogP contribution is 2.04. The largest absolute Gasteiger partial charge is 0.310 e. The average molecular weight is 226 g/mol.